The molecule has 0 spiro atoms. The maximum absolute atomic E-state index is 4.57. The van der Waals surface area contributed by atoms with Crippen LogP contribution in [0, 0.1) is 6.92 Å². The summed E-state index contributed by atoms with van der Waals surface area (Å²) in [5.41, 5.74) is 0.303. The highest BCUT2D eigenvalue weighted by molar-refractivity contribution is 7.81. The molecule has 0 atom stereocenters. The Balaban J connectivity index is 2.58. The van der Waals surface area contributed by atoms with E-state index in [2.05, 4.69) is 46.4 Å². The number of aryl methyl sites for hydroxylation is 1. The summed E-state index contributed by atoms with van der Waals surface area (Å²) in [4.78, 5) is 4.00. The van der Waals surface area contributed by atoms with Crippen LogP contribution in [0.15, 0.2) is 11.0 Å². The second-order valence-corrected chi connectivity index (χ2v) is 7.30. The average molecular weight is 256 g/mol. The van der Waals surface area contributed by atoms with Gasteiger partial charge in [-0.15, -0.1) is 35.3 Å². The van der Waals surface area contributed by atoms with Crippen molar-refractivity contribution in [2.45, 2.75) is 44.4 Å². The highest BCUT2D eigenvalue weighted by Crippen LogP contribution is 2.43. The second kappa shape index (κ2) is 3.79. The highest BCUT2D eigenvalue weighted by Gasteiger charge is 2.22. The summed E-state index contributed by atoms with van der Waals surface area (Å²) in [5.74, 6) is 0. The van der Waals surface area contributed by atoms with Crippen LogP contribution in [0.4, 0.5) is 0 Å². The van der Waals surface area contributed by atoms with E-state index in [1.807, 2.05) is 22.7 Å². The van der Waals surface area contributed by atoms with Crippen LogP contribution in [-0.2, 0) is 5.41 Å². The summed E-state index contributed by atoms with van der Waals surface area (Å²) in [6.45, 7) is 9.02. The van der Waals surface area contributed by atoms with E-state index in [1.165, 1.54) is 30.5 Å². The zero-order chi connectivity index (χ0) is 11.2. The molecule has 3 heteroatoms. The fourth-order valence-electron chi connectivity index (χ4n) is 1.50. The van der Waals surface area contributed by atoms with E-state index in [1.54, 1.807) is 0 Å². The van der Waals surface area contributed by atoms with Gasteiger partial charge < -0.3 is 0 Å². The summed E-state index contributed by atoms with van der Waals surface area (Å²) in [6.07, 6.45) is 1.18. The number of hydrogen-bond acceptors (Lipinski definition) is 3. The summed E-state index contributed by atoms with van der Waals surface area (Å²) < 4.78 is 2.77. The molecule has 0 aliphatic rings. The van der Waals surface area contributed by atoms with Crippen LogP contribution in [-0.4, -0.2) is 0 Å². The molecule has 0 fully saturated rings. The first-order chi connectivity index (χ1) is 6.95. The molecule has 2 aromatic rings. The maximum Gasteiger partial charge on any atom is 0.0589 e. The molecule has 2 heterocycles. The molecule has 0 saturated carbocycles. The van der Waals surface area contributed by atoms with Gasteiger partial charge in [0.2, 0.25) is 0 Å². The number of thiophene rings is 2. The van der Waals surface area contributed by atoms with Crippen molar-refractivity contribution in [3.63, 3.8) is 0 Å². The lowest BCUT2D eigenvalue weighted by atomic mass is 9.89. The van der Waals surface area contributed by atoms with Crippen molar-refractivity contribution < 1.29 is 0 Å². The Kier molecular flexibility index (Phi) is 2.91. The number of thiol groups is 1. The predicted octanol–water partition coefficient (Wildman–Crippen LogP) is 5.25. The maximum atomic E-state index is 4.57. The molecule has 0 bridgehead atoms. The minimum absolute atomic E-state index is 0.303. The molecule has 82 valence electrons. The van der Waals surface area contributed by atoms with Gasteiger partial charge in [0.05, 0.1) is 4.70 Å². The Morgan fingerprint density at radius 3 is 2.53 bits per heavy atom. The summed E-state index contributed by atoms with van der Waals surface area (Å²) in [7, 11) is 0. The molecule has 0 nitrogen and oxygen atoms in total. The van der Waals surface area contributed by atoms with Gasteiger partial charge in [0, 0.05) is 19.3 Å². The van der Waals surface area contributed by atoms with E-state index < -0.39 is 0 Å². The zero-order valence-corrected chi connectivity index (χ0v) is 12.1. The third-order valence-corrected chi connectivity index (χ3v) is 6.62. The van der Waals surface area contributed by atoms with Gasteiger partial charge in [0.1, 0.15) is 0 Å². The first kappa shape index (κ1) is 11.5. The third-order valence-electron chi connectivity index (χ3n) is 3.06. The minimum atomic E-state index is 0.303. The molecular formula is C12H16S3. The average Bonchev–Trinajstić information content (AvgIpc) is 2.69. The van der Waals surface area contributed by atoms with Gasteiger partial charge in [0.15, 0.2) is 0 Å². The van der Waals surface area contributed by atoms with Crippen LogP contribution >= 0.6 is 35.3 Å². The highest BCUT2D eigenvalue weighted by atomic mass is 32.1. The van der Waals surface area contributed by atoms with Crippen molar-refractivity contribution in [2.24, 2.45) is 0 Å². The monoisotopic (exact) mass is 256 g/mol. The number of fused-ring (bicyclic) bond motifs is 1. The Labute approximate surface area is 105 Å². The van der Waals surface area contributed by atoms with Crippen molar-refractivity contribution in [3.8, 4) is 0 Å². The molecule has 0 aliphatic heterocycles. The Hall–Kier alpha value is 0.01000. The SMILES string of the molecule is CCC(C)(C)c1cc2sc(C)c(S)c2s1. The Bertz CT molecular complexity index is 488. The van der Waals surface area contributed by atoms with Crippen LogP contribution in [0.25, 0.3) is 9.40 Å². The quantitative estimate of drug-likeness (QED) is 0.697. The smallest absolute Gasteiger partial charge is 0.0589 e. The van der Waals surface area contributed by atoms with E-state index in [-0.39, 0.29) is 0 Å². The minimum Gasteiger partial charge on any atom is -0.141 e. The number of rotatable bonds is 2. The van der Waals surface area contributed by atoms with E-state index in [9.17, 15) is 0 Å². The molecule has 15 heavy (non-hydrogen) atoms. The van der Waals surface area contributed by atoms with Gasteiger partial charge in [-0.25, -0.2) is 0 Å². The fourth-order valence-corrected chi connectivity index (χ4v) is 4.48. The van der Waals surface area contributed by atoms with Crippen LogP contribution < -0.4 is 0 Å². The van der Waals surface area contributed by atoms with Crippen molar-refractivity contribution >= 4 is 44.7 Å². The van der Waals surface area contributed by atoms with Crippen LogP contribution in [0.5, 0.6) is 0 Å². The van der Waals surface area contributed by atoms with Gasteiger partial charge in [-0.05, 0) is 24.8 Å². The van der Waals surface area contributed by atoms with Gasteiger partial charge in [-0.3, -0.25) is 0 Å². The van der Waals surface area contributed by atoms with Crippen molar-refractivity contribution in [3.05, 3.63) is 15.8 Å². The van der Waals surface area contributed by atoms with E-state index in [0.717, 1.165) is 0 Å². The molecule has 2 rings (SSSR count). The van der Waals surface area contributed by atoms with Gasteiger partial charge >= 0.3 is 0 Å². The molecular weight excluding hydrogens is 240 g/mol. The normalized spacial score (nSPS) is 12.6. The molecule has 0 saturated heterocycles. The lowest BCUT2D eigenvalue weighted by Gasteiger charge is -2.20. The topological polar surface area (TPSA) is 0 Å². The first-order valence-electron chi connectivity index (χ1n) is 5.18. The van der Waals surface area contributed by atoms with Crippen molar-refractivity contribution in [1.29, 1.82) is 0 Å². The lowest BCUT2D eigenvalue weighted by Crippen LogP contribution is -2.12. The van der Waals surface area contributed by atoms with Crippen LogP contribution in [0.1, 0.15) is 36.9 Å². The van der Waals surface area contributed by atoms with Gasteiger partial charge in [-0.2, -0.15) is 0 Å². The Morgan fingerprint density at radius 1 is 1.33 bits per heavy atom. The Morgan fingerprint density at radius 2 is 2.00 bits per heavy atom. The van der Waals surface area contributed by atoms with Gasteiger partial charge in [-0.1, -0.05) is 20.8 Å². The van der Waals surface area contributed by atoms with E-state index in [4.69, 9.17) is 0 Å². The summed E-state index contributed by atoms with van der Waals surface area (Å²) in [6, 6.07) is 2.35. The molecule has 0 N–H and O–H groups in total. The van der Waals surface area contributed by atoms with Gasteiger partial charge in [0.25, 0.3) is 0 Å². The fraction of sp³-hybridized carbons (Fsp3) is 0.500. The molecule has 2 aromatic heterocycles. The van der Waals surface area contributed by atoms with E-state index in [0.29, 0.717) is 5.41 Å². The molecule has 0 unspecified atom stereocenters. The van der Waals surface area contributed by atoms with Crippen molar-refractivity contribution in [1.82, 2.24) is 0 Å². The third kappa shape index (κ3) is 1.85. The van der Waals surface area contributed by atoms with Crippen LogP contribution in [0.3, 0.4) is 0 Å². The summed E-state index contributed by atoms with van der Waals surface area (Å²) in [5, 5.41) is 0. The molecule has 0 amide bonds. The standard InChI is InChI=1S/C12H16S3/c1-5-12(3,4)9-6-8-11(15-9)10(13)7(2)14-8/h6,13H,5H2,1-4H3. The molecule has 0 aromatic carbocycles. The molecule has 0 radical (unpaired) electrons. The van der Waals surface area contributed by atoms with Crippen molar-refractivity contribution in [2.75, 3.05) is 0 Å². The number of hydrogen-bond donors (Lipinski definition) is 1. The predicted molar refractivity (Wildman–Crippen MR) is 75.0 cm³/mol. The first-order valence-corrected chi connectivity index (χ1v) is 7.26. The van der Waals surface area contributed by atoms with E-state index >= 15 is 0 Å². The largest absolute Gasteiger partial charge is 0.141 e. The summed E-state index contributed by atoms with van der Waals surface area (Å²) >= 11 is 8.34. The van der Waals surface area contributed by atoms with Crippen LogP contribution in [0.2, 0.25) is 0 Å². The zero-order valence-electron chi connectivity index (χ0n) is 9.55. The lowest BCUT2D eigenvalue weighted by molar-refractivity contribution is 0.517. The molecule has 0 aliphatic carbocycles. The second-order valence-electron chi connectivity index (χ2n) is 4.55.